The van der Waals surface area contributed by atoms with Gasteiger partial charge in [0.05, 0.1) is 6.04 Å². The minimum Gasteiger partial charge on any atom is -0.324 e. The molecule has 0 fully saturated rings. The molecule has 1 N–H and O–H groups in total. The number of hydrogen-bond donors (Lipinski definition) is 1. The second kappa shape index (κ2) is 5.88. The van der Waals surface area contributed by atoms with E-state index in [4.69, 9.17) is 11.6 Å². The molecule has 1 atom stereocenters. The fourth-order valence-electron chi connectivity index (χ4n) is 2.58. The first-order valence-electron chi connectivity index (χ1n) is 7.01. The largest absolute Gasteiger partial charge is 0.324 e. The Labute approximate surface area is 129 Å². The van der Waals surface area contributed by atoms with Crippen molar-refractivity contribution in [2.24, 2.45) is 0 Å². The van der Waals surface area contributed by atoms with Crippen LogP contribution >= 0.6 is 11.6 Å². The van der Waals surface area contributed by atoms with Crippen molar-refractivity contribution < 1.29 is 4.79 Å². The standard InChI is InChI=1S/C17H17ClN2O/c1-12-17(21)19-16-8-7-15(18)9-14(16)11-20(12)10-13-5-3-2-4-6-13/h2-9,12H,10-11H2,1H3,(H,19,21)/t12-/m0/s1. The second-order valence-electron chi connectivity index (χ2n) is 5.36. The summed E-state index contributed by atoms with van der Waals surface area (Å²) in [7, 11) is 0. The first-order chi connectivity index (χ1) is 10.1. The van der Waals surface area contributed by atoms with E-state index in [1.54, 1.807) is 6.07 Å². The predicted octanol–water partition coefficient (Wildman–Crippen LogP) is 3.68. The van der Waals surface area contributed by atoms with Crippen LogP contribution < -0.4 is 5.32 Å². The molecule has 3 rings (SSSR count). The number of nitrogens with zero attached hydrogens (tertiary/aromatic N) is 1. The van der Waals surface area contributed by atoms with Gasteiger partial charge in [0.2, 0.25) is 5.91 Å². The van der Waals surface area contributed by atoms with Crippen LogP contribution in [0.5, 0.6) is 0 Å². The lowest BCUT2D eigenvalue weighted by Gasteiger charge is -2.25. The monoisotopic (exact) mass is 300 g/mol. The summed E-state index contributed by atoms with van der Waals surface area (Å²) in [6.45, 7) is 3.37. The SMILES string of the molecule is C[C@H]1C(=O)Nc2ccc(Cl)cc2CN1Cc1ccccc1. The van der Waals surface area contributed by atoms with Crippen LogP contribution in [0.2, 0.25) is 5.02 Å². The van der Waals surface area contributed by atoms with Gasteiger partial charge in [0.1, 0.15) is 0 Å². The van der Waals surface area contributed by atoms with Crippen LogP contribution in [-0.4, -0.2) is 16.8 Å². The molecule has 0 aromatic heterocycles. The van der Waals surface area contributed by atoms with Crippen molar-refractivity contribution >= 4 is 23.2 Å². The molecule has 0 saturated heterocycles. The molecule has 0 saturated carbocycles. The quantitative estimate of drug-likeness (QED) is 0.917. The summed E-state index contributed by atoms with van der Waals surface area (Å²) in [4.78, 5) is 14.4. The molecule has 3 nitrogen and oxygen atoms in total. The molecular formula is C17H17ClN2O. The lowest BCUT2D eigenvalue weighted by atomic mass is 10.1. The van der Waals surface area contributed by atoms with Crippen molar-refractivity contribution in [1.29, 1.82) is 0 Å². The number of rotatable bonds is 2. The van der Waals surface area contributed by atoms with Crippen molar-refractivity contribution in [2.45, 2.75) is 26.1 Å². The number of anilines is 1. The highest BCUT2D eigenvalue weighted by Gasteiger charge is 2.26. The smallest absolute Gasteiger partial charge is 0.241 e. The topological polar surface area (TPSA) is 32.3 Å². The zero-order valence-electron chi connectivity index (χ0n) is 11.8. The van der Waals surface area contributed by atoms with Crippen LogP contribution in [0, 0.1) is 0 Å². The maximum Gasteiger partial charge on any atom is 0.241 e. The third-order valence-corrected chi connectivity index (χ3v) is 4.09. The number of carbonyl (C=O) groups is 1. The van der Waals surface area contributed by atoms with Crippen LogP contribution in [0.15, 0.2) is 48.5 Å². The van der Waals surface area contributed by atoms with Crippen molar-refractivity contribution in [3.8, 4) is 0 Å². The number of amides is 1. The summed E-state index contributed by atoms with van der Waals surface area (Å²) < 4.78 is 0. The summed E-state index contributed by atoms with van der Waals surface area (Å²) in [6, 6.07) is 15.6. The summed E-state index contributed by atoms with van der Waals surface area (Å²) in [5.41, 5.74) is 3.10. The Morgan fingerprint density at radius 1 is 1.24 bits per heavy atom. The van der Waals surface area contributed by atoms with E-state index in [1.165, 1.54) is 5.56 Å². The van der Waals surface area contributed by atoms with Gasteiger partial charge < -0.3 is 5.32 Å². The fourth-order valence-corrected chi connectivity index (χ4v) is 2.78. The Morgan fingerprint density at radius 3 is 2.76 bits per heavy atom. The number of carbonyl (C=O) groups excluding carboxylic acids is 1. The summed E-state index contributed by atoms with van der Waals surface area (Å²) >= 11 is 6.08. The molecular weight excluding hydrogens is 284 g/mol. The summed E-state index contributed by atoms with van der Waals surface area (Å²) in [6.07, 6.45) is 0. The van der Waals surface area contributed by atoms with Gasteiger partial charge in [-0.2, -0.15) is 0 Å². The van der Waals surface area contributed by atoms with E-state index < -0.39 is 0 Å². The van der Waals surface area contributed by atoms with E-state index in [0.717, 1.165) is 17.8 Å². The van der Waals surface area contributed by atoms with E-state index in [-0.39, 0.29) is 11.9 Å². The van der Waals surface area contributed by atoms with Gasteiger partial charge in [-0.05, 0) is 36.2 Å². The lowest BCUT2D eigenvalue weighted by molar-refractivity contribution is -0.120. The molecule has 0 aliphatic carbocycles. The maximum absolute atomic E-state index is 12.3. The highest BCUT2D eigenvalue weighted by atomic mass is 35.5. The van der Waals surface area contributed by atoms with E-state index in [1.807, 2.05) is 37.3 Å². The molecule has 0 unspecified atom stereocenters. The van der Waals surface area contributed by atoms with Crippen LogP contribution in [-0.2, 0) is 17.9 Å². The molecule has 2 aromatic carbocycles. The third-order valence-electron chi connectivity index (χ3n) is 3.85. The predicted molar refractivity (Wildman–Crippen MR) is 85.2 cm³/mol. The van der Waals surface area contributed by atoms with Gasteiger partial charge in [0, 0.05) is 23.8 Å². The zero-order chi connectivity index (χ0) is 14.8. The molecule has 1 aliphatic heterocycles. The van der Waals surface area contributed by atoms with Crippen molar-refractivity contribution in [1.82, 2.24) is 4.90 Å². The maximum atomic E-state index is 12.3. The Bertz CT molecular complexity index is 657. The molecule has 108 valence electrons. The Morgan fingerprint density at radius 2 is 2.00 bits per heavy atom. The van der Waals surface area contributed by atoms with E-state index in [0.29, 0.717) is 11.6 Å². The first-order valence-corrected chi connectivity index (χ1v) is 7.38. The molecule has 0 radical (unpaired) electrons. The van der Waals surface area contributed by atoms with Crippen molar-refractivity contribution in [3.05, 3.63) is 64.7 Å². The van der Waals surface area contributed by atoms with Gasteiger partial charge in [-0.1, -0.05) is 41.9 Å². The van der Waals surface area contributed by atoms with Crippen LogP contribution in [0.4, 0.5) is 5.69 Å². The average Bonchev–Trinajstić information content (AvgIpc) is 2.59. The van der Waals surface area contributed by atoms with Crippen molar-refractivity contribution in [2.75, 3.05) is 5.32 Å². The summed E-state index contributed by atoms with van der Waals surface area (Å²) in [5, 5.41) is 3.67. The van der Waals surface area contributed by atoms with E-state index in [2.05, 4.69) is 22.3 Å². The normalized spacial score (nSPS) is 18.8. The number of hydrogen-bond acceptors (Lipinski definition) is 2. The Balaban J connectivity index is 1.91. The molecule has 2 aromatic rings. The van der Waals surface area contributed by atoms with Gasteiger partial charge in [-0.15, -0.1) is 0 Å². The number of benzene rings is 2. The molecule has 0 bridgehead atoms. The Kier molecular flexibility index (Phi) is 3.95. The fraction of sp³-hybridized carbons (Fsp3) is 0.235. The summed E-state index contributed by atoms with van der Waals surface area (Å²) in [5.74, 6) is 0.0204. The minimum absolute atomic E-state index is 0.0204. The van der Waals surface area contributed by atoms with Gasteiger partial charge in [0.15, 0.2) is 0 Å². The van der Waals surface area contributed by atoms with Crippen LogP contribution in [0.1, 0.15) is 18.1 Å². The molecule has 1 heterocycles. The van der Waals surface area contributed by atoms with Gasteiger partial charge >= 0.3 is 0 Å². The molecule has 0 spiro atoms. The number of fused-ring (bicyclic) bond motifs is 1. The van der Waals surface area contributed by atoms with Gasteiger partial charge in [0.25, 0.3) is 0 Å². The number of halogens is 1. The van der Waals surface area contributed by atoms with E-state index >= 15 is 0 Å². The molecule has 1 amide bonds. The zero-order valence-corrected chi connectivity index (χ0v) is 12.6. The van der Waals surface area contributed by atoms with Gasteiger partial charge in [-0.3, -0.25) is 9.69 Å². The highest BCUT2D eigenvalue weighted by Crippen LogP contribution is 2.27. The Hall–Kier alpha value is -1.84. The van der Waals surface area contributed by atoms with Gasteiger partial charge in [-0.25, -0.2) is 0 Å². The second-order valence-corrected chi connectivity index (χ2v) is 5.79. The third kappa shape index (κ3) is 3.09. The van der Waals surface area contributed by atoms with E-state index in [9.17, 15) is 4.79 Å². The highest BCUT2D eigenvalue weighted by molar-refractivity contribution is 6.30. The molecule has 4 heteroatoms. The molecule has 21 heavy (non-hydrogen) atoms. The lowest BCUT2D eigenvalue weighted by Crippen LogP contribution is -2.38. The molecule has 1 aliphatic rings. The van der Waals surface area contributed by atoms with Crippen molar-refractivity contribution in [3.63, 3.8) is 0 Å². The van der Waals surface area contributed by atoms with Crippen LogP contribution in [0.25, 0.3) is 0 Å². The first kappa shape index (κ1) is 14.1. The minimum atomic E-state index is -0.184. The van der Waals surface area contributed by atoms with Crippen LogP contribution in [0.3, 0.4) is 0 Å². The average molecular weight is 301 g/mol. The number of nitrogens with one attached hydrogen (secondary N) is 1.